The lowest BCUT2D eigenvalue weighted by molar-refractivity contribution is -0.310. The smallest absolute Gasteiger partial charge is 0.344 e. The van der Waals surface area contributed by atoms with Crippen LogP contribution in [-0.4, -0.2) is 24.6 Å². The molecule has 0 amide bonds. The summed E-state index contributed by atoms with van der Waals surface area (Å²) < 4.78 is 4.91. The number of esters is 1. The van der Waals surface area contributed by atoms with Crippen molar-refractivity contribution in [3.05, 3.63) is 0 Å². The van der Waals surface area contributed by atoms with Crippen LogP contribution >= 0.6 is 0 Å². The first kappa shape index (κ1) is 13.9. The molecule has 6 heteroatoms. The van der Waals surface area contributed by atoms with Crippen LogP contribution < -0.4 is 5.48 Å². The van der Waals surface area contributed by atoms with Gasteiger partial charge >= 0.3 is 11.9 Å². The first-order valence-corrected chi connectivity index (χ1v) is 4.88. The van der Waals surface area contributed by atoms with Crippen molar-refractivity contribution in [2.75, 3.05) is 6.54 Å². The van der Waals surface area contributed by atoms with Crippen LogP contribution in [0.1, 0.15) is 33.6 Å². The molecule has 0 aliphatic carbocycles. The second-order valence-corrected chi connectivity index (χ2v) is 2.89. The molecule has 0 aromatic rings. The van der Waals surface area contributed by atoms with Gasteiger partial charge in [-0.25, -0.2) is 4.79 Å². The third-order valence-corrected chi connectivity index (χ3v) is 1.47. The lowest BCUT2D eigenvalue weighted by Gasteiger charge is -2.12. The number of carbonyl (C=O) groups is 2. The van der Waals surface area contributed by atoms with Crippen LogP contribution in [0.25, 0.3) is 0 Å². The van der Waals surface area contributed by atoms with Gasteiger partial charge in [0, 0.05) is 12.8 Å². The Morgan fingerprint density at radius 2 is 1.80 bits per heavy atom. The molecular formula is C9H17NO5. The van der Waals surface area contributed by atoms with Gasteiger partial charge in [0.1, 0.15) is 6.10 Å². The molecule has 0 aliphatic heterocycles. The van der Waals surface area contributed by atoms with Crippen LogP contribution in [0.5, 0.6) is 0 Å². The zero-order valence-corrected chi connectivity index (χ0v) is 9.24. The van der Waals surface area contributed by atoms with E-state index in [0.29, 0.717) is 6.42 Å². The first-order chi connectivity index (χ1) is 7.10. The summed E-state index contributed by atoms with van der Waals surface area (Å²) in [6.07, 6.45) is 0.232. The highest BCUT2D eigenvalue weighted by atomic mass is 17.3. The number of hydrogen-bond acceptors (Lipinski definition) is 6. The van der Waals surface area contributed by atoms with Crippen molar-refractivity contribution in [3.63, 3.8) is 0 Å². The monoisotopic (exact) mass is 219 g/mol. The van der Waals surface area contributed by atoms with Crippen LogP contribution in [-0.2, 0) is 24.2 Å². The Balaban J connectivity index is 3.42. The summed E-state index contributed by atoms with van der Waals surface area (Å²) in [5.41, 5.74) is 2.36. The molecule has 0 aliphatic rings. The molecule has 0 spiro atoms. The van der Waals surface area contributed by atoms with Crippen LogP contribution in [0.15, 0.2) is 0 Å². The summed E-state index contributed by atoms with van der Waals surface area (Å²) in [5, 5.41) is 0. The van der Waals surface area contributed by atoms with Crippen molar-refractivity contribution in [2.24, 2.45) is 0 Å². The van der Waals surface area contributed by atoms with Crippen LogP contribution in [0.3, 0.4) is 0 Å². The second kappa shape index (κ2) is 8.19. The van der Waals surface area contributed by atoms with Crippen molar-refractivity contribution in [1.29, 1.82) is 0 Å². The van der Waals surface area contributed by atoms with E-state index in [-0.39, 0.29) is 25.0 Å². The minimum Gasteiger partial charge on any atom is -0.461 e. The predicted octanol–water partition coefficient (Wildman–Crippen LogP) is 0.717. The molecule has 0 saturated carbocycles. The lowest BCUT2D eigenvalue weighted by atomic mass is 10.4. The SMILES string of the molecule is CCC(=O)OONCC(C)OC(=O)CC. The number of hydrogen-bond donors (Lipinski definition) is 1. The molecule has 15 heavy (non-hydrogen) atoms. The van der Waals surface area contributed by atoms with E-state index in [9.17, 15) is 9.59 Å². The van der Waals surface area contributed by atoms with Crippen molar-refractivity contribution < 1.29 is 24.2 Å². The van der Waals surface area contributed by atoms with E-state index >= 15 is 0 Å². The minimum absolute atomic E-state index is 0.238. The van der Waals surface area contributed by atoms with Gasteiger partial charge in [-0.3, -0.25) is 9.68 Å². The Bertz CT molecular complexity index is 207. The van der Waals surface area contributed by atoms with Gasteiger partial charge in [-0.15, -0.1) is 0 Å². The van der Waals surface area contributed by atoms with Crippen LogP contribution in [0.2, 0.25) is 0 Å². The minimum atomic E-state index is -0.472. The molecule has 1 unspecified atom stereocenters. The maximum atomic E-state index is 10.8. The summed E-state index contributed by atoms with van der Waals surface area (Å²) in [6.45, 7) is 5.31. The quantitative estimate of drug-likeness (QED) is 0.294. The van der Waals surface area contributed by atoms with Crippen molar-refractivity contribution in [3.8, 4) is 0 Å². The standard InChI is InChI=1S/C9H17NO5/c1-4-8(11)13-7(3)6-10-15-14-9(12)5-2/h7,10H,4-6H2,1-3H3. The lowest BCUT2D eigenvalue weighted by Crippen LogP contribution is -2.29. The van der Waals surface area contributed by atoms with Crippen molar-refractivity contribution in [1.82, 2.24) is 5.48 Å². The van der Waals surface area contributed by atoms with Gasteiger partial charge in [0.05, 0.1) is 6.54 Å². The number of ether oxygens (including phenoxy) is 1. The van der Waals surface area contributed by atoms with Crippen molar-refractivity contribution >= 4 is 11.9 Å². The number of rotatable bonds is 7. The average Bonchev–Trinajstić information content (AvgIpc) is 2.23. The van der Waals surface area contributed by atoms with Gasteiger partial charge in [-0.2, -0.15) is 5.48 Å². The van der Waals surface area contributed by atoms with Gasteiger partial charge in [-0.1, -0.05) is 18.8 Å². The van der Waals surface area contributed by atoms with Crippen molar-refractivity contribution in [2.45, 2.75) is 39.7 Å². The zero-order valence-electron chi connectivity index (χ0n) is 9.24. The fourth-order valence-corrected chi connectivity index (χ4v) is 0.636. The van der Waals surface area contributed by atoms with E-state index < -0.39 is 5.97 Å². The predicted molar refractivity (Wildman–Crippen MR) is 51.3 cm³/mol. The van der Waals surface area contributed by atoms with Crippen LogP contribution in [0, 0.1) is 0 Å². The number of carbonyl (C=O) groups excluding carboxylic acids is 2. The highest BCUT2D eigenvalue weighted by Crippen LogP contribution is 1.93. The Morgan fingerprint density at radius 3 is 2.33 bits per heavy atom. The molecule has 1 N–H and O–H groups in total. The van der Waals surface area contributed by atoms with Gasteiger partial charge in [-0.05, 0) is 6.92 Å². The molecule has 6 nitrogen and oxygen atoms in total. The van der Waals surface area contributed by atoms with Gasteiger partial charge in [0.2, 0.25) is 0 Å². The Kier molecular flexibility index (Phi) is 7.57. The number of nitrogens with one attached hydrogen (secondary N) is 1. The summed E-state index contributed by atoms with van der Waals surface area (Å²) in [7, 11) is 0. The van der Waals surface area contributed by atoms with E-state index in [1.165, 1.54) is 0 Å². The molecule has 0 fully saturated rings. The fourth-order valence-electron chi connectivity index (χ4n) is 0.636. The van der Waals surface area contributed by atoms with E-state index in [1.54, 1.807) is 20.8 Å². The van der Waals surface area contributed by atoms with E-state index in [2.05, 4.69) is 15.4 Å². The summed E-state index contributed by atoms with van der Waals surface area (Å²) in [5.74, 6) is -0.754. The van der Waals surface area contributed by atoms with Gasteiger partial charge < -0.3 is 4.74 Å². The zero-order chi connectivity index (χ0) is 11.7. The first-order valence-electron chi connectivity index (χ1n) is 4.88. The fraction of sp³-hybridized carbons (Fsp3) is 0.778. The van der Waals surface area contributed by atoms with E-state index in [0.717, 1.165) is 0 Å². The highest BCUT2D eigenvalue weighted by molar-refractivity contribution is 5.69. The maximum Gasteiger partial charge on any atom is 0.344 e. The topological polar surface area (TPSA) is 73.9 Å². The molecular weight excluding hydrogens is 202 g/mol. The molecule has 0 radical (unpaired) electrons. The average molecular weight is 219 g/mol. The third-order valence-electron chi connectivity index (χ3n) is 1.47. The summed E-state index contributed by atoms with van der Waals surface area (Å²) in [6, 6.07) is 0. The van der Waals surface area contributed by atoms with E-state index in [4.69, 9.17) is 4.74 Å². The molecule has 0 aromatic heterocycles. The Morgan fingerprint density at radius 1 is 1.20 bits per heavy atom. The molecule has 0 rings (SSSR count). The summed E-state index contributed by atoms with van der Waals surface area (Å²) >= 11 is 0. The van der Waals surface area contributed by atoms with Crippen LogP contribution in [0.4, 0.5) is 0 Å². The Hall–Kier alpha value is -1.14. The van der Waals surface area contributed by atoms with Gasteiger partial charge in [0.15, 0.2) is 0 Å². The largest absolute Gasteiger partial charge is 0.461 e. The third kappa shape index (κ3) is 7.90. The number of hydroxylamine groups is 1. The molecule has 0 heterocycles. The van der Waals surface area contributed by atoms with Gasteiger partial charge in [0.25, 0.3) is 0 Å². The second-order valence-electron chi connectivity index (χ2n) is 2.89. The normalized spacial score (nSPS) is 11.9. The molecule has 0 bridgehead atoms. The van der Waals surface area contributed by atoms with E-state index in [1.807, 2.05) is 0 Å². The molecule has 1 atom stereocenters. The Labute approximate surface area is 88.8 Å². The maximum absolute atomic E-state index is 10.8. The molecule has 88 valence electrons. The molecule has 0 aromatic carbocycles. The highest BCUT2D eigenvalue weighted by Gasteiger charge is 2.07. The molecule has 0 saturated heterocycles. The summed E-state index contributed by atoms with van der Waals surface area (Å²) in [4.78, 5) is 30.1.